The Bertz CT molecular complexity index is 630. The fourth-order valence-electron chi connectivity index (χ4n) is 2.77. The molecule has 3 rings (SSSR count). The van der Waals surface area contributed by atoms with E-state index >= 15 is 0 Å². The van der Waals surface area contributed by atoms with E-state index in [4.69, 9.17) is 0 Å². The standard InChI is InChI=1S/C15H22N4O2/c1-10(2)8-19-9-13-12(14(19)21)7-16-15(17-13)18-5-3-11(20)4-6-18/h7,9-11,20-21H,3-6,8H2,1-2H3. The first-order chi connectivity index (χ1) is 10.0. The molecule has 2 aromatic heterocycles. The molecule has 0 bridgehead atoms. The molecule has 0 spiro atoms. The van der Waals surface area contributed by atoms with Crippen molar-refractivity contribution in [2.24, 2.45) is 5.92 Å². The van der Waals surface area contributed by atoms with Crippen LogP contribution in [0.4, 0.5) is 5.95 Å². The maximum absolute atomic E-state index is 10.2. The predicted octanol–water partition coefficient (Wildman–Crippen LogP) is 1.75. The average Bonchev–Trinajstić information content (AvgIpc) is 2.75. The van der Waals surface area contributed by atoms with Gasteiger partial charge in [0.25, 0.3) is 0 Å². The van der Waals surface area contributed by atoms with Gasteiger partial charge < -0.3 is 19.7 Å². The van der Waals surface area contributed by atoms with Gasteiger partial charge in [0.2, 0.25) is 11.8 Å². The molecule has 2 aromatic rings. The zero-order valence-electron chi connectivity index (χ0n) is 12.5. The lowest BCUT2D eigenvalue weighted by Crippen LogP contribution is -2.36. The minimum absolute atomic E-state index is 0.207. The number of hydrogen-bond acceptors (Lipinski definition) is 5. The van der Waals surface area contributed by atoms with Gasteiger partial charge in [-0.2, -0.15) is 0 Å². The molecule has 0 aliphatic carbocycles. The van der Waals surface area contributed by atoms with Crippen LogP contribution in [0.25, 0.3) is 10.9 Å². The van der Waals surface area contributed by atoms with Gasteiger partial charge in [0.05, 0.1) is 17.0 Å². The molecule has 3 heterocycles. The molecule has 2 N–H and O–H groups in total. The van der Waals surface area contributed by atoms with Crippen LogP contribution < -0.4 is 4.90 Å². The smallest absolute Gasteiger partial charge is 0.225 e. The molecule has 6 nitrogen and oxygen atoms in total. The summed E-state index contributed by atoms with van der Waals surface area (Å²) in [6.45, 7) is 6.52. The Labute approximate surface area is 124 Å². The Hall–Kier alpha value is -1.82. The lowest BCUT2D eigenvalue weighted by Gasteiger charge is -2.29. The zero-order chi connectivity index (χ0) is 15.0. The Morgan fingerprint density at radius 1 is 1.33 bits per heavy atom. The third-order valence-electron chi connectivity index (χ3n) is 3.91. The highest BCUT2D eigenvalue weighted by Gasteiger charge is 2.20. The number of rotatable bonds is 3. The molecule has 0 saturated carbocycles. The molecular weight excluding hydrogens is 268 g/mol. The van der Waals surface area contributed by atoms with Gasteiger partial charge in [0.15, 0.2) is 0 Å². The molecule has 6 heteroatoms. The van der Waals surface area contributed by atoms with Crippen molar-refractivity contribution in [3.63, 3.8) is 0 Å². The third kappa shape index (κ3) is 2.81. The molecule has 114 valence electrons. The third-order valence-corrected chi connectivity index (χ3v) is 3.91. The summed E-state index contributed by atoms with van der Waals surface area (Å²) in [7, 11) is 0. The molecule has 0 unspecified atom stereocenters. The number of aliphatic hydroxyl groups excluding tert-OH is 1. The van der Waals surface area contributed by atoms with Crippen LogP contribution in [0, 0.1) is 5.92 Å². The zero-order valence-corrected chi connectivity index (χ0v) is 12.5. The van der Waals surface area contributed by atoms with Crippen LogP contribution in [0.3, 0.4) is 0 Å². The fourth-order valence-corrected chi connectivity index (χ4v) is 2.77. The van der Waals surface area contributed by atoms with Crippen LogP contribution >= 0.6 is 0 Å². The summed E-state index contributed by atoms with van der Waals surface area (Å²) >= 11 is 0. The molecule has 1 fully saturated rings. The van der Waals surface area contributed by atoms with Crippen LogP contribution in [0.1, 0.15) is 26.7 Å². The van der Waals surface area contributed by atoms with Crippen molar-refractivity contribution in [2.45, 2.75) is 39.3 Å². The van der Waals surface area contributed by atoms with Crippen LogP contribution in [0.15, 0.2) is 12.4 Å². The van der Waals surface area contributed by atoms with Crippen LogP contribution in [0.5, 0.6) is 5.88 Å². The van der Waals surface area contributed by atoms with E-state index in [1.807, 2.05) is 10.8 Å². The Morgan fingerprint density at radius 2 is 2.05 bits per heavy atom. The summed E-state index contributed by atoms with van der Waals surface area (Å²) in [4.78, 5) is 11.0. The van der Waals surface area contributed by atoms with E-state index in [-0.39, 0.29) is 12.0 Å². The number of aromatic nitrogens is 3. The van der Waals surface area contributed by atoms with Gasteiger partial charge in [0.1, 0.15) is 0 Å². The molecule has 1 aliphatic rings. The Morgan fingerprint density at radius 3 is 2.71 bits per heavy atom. The Kier molecular flexibility index (Phi) is 3.71. The van der Waals surface area contributed by atoms with Gasteiger partial charge in [-0.15, -0.1) is 0 Å². The highest BCUT2D eigenvalue weighted by molar-refractivity contribution is 5.84. The molecule has 0 atom stereocenters. The molecule has 0 aromatic carbocycles. The van der Waals surface area contributed by atoms with Gasteiger partial charge in [-0.05, 0) is 18.8 Å². The first-order valence-corrected chi connectivity index (χ1v) is 7.52. The average molecular weight is 290 g/mol. The van der Waals surface area contributed by atoms with Crippen molar-refractivity contribution < 1.29 is 10.2 Å². The summed E-state index contributed by atoms with van der Waals surface area (Å²) in [5, 5.41) is 20.5. The van der Waals surface area contributed by atoms with Crippen molar-refractivity contribution in [2.75, 3.05) is 18.0 Å². The van der Waals surface area contributed by atoms with Crippen molar-refractivity contribution in [1.82, 2.24) is 14.5 Å². The Balaban J connectivity index is 1.89. The summed E-state index contributed by atoms with van der Waals surface area (Å²) in [6.07, 6.45) is 4.87. The number of anilines is 1. The second-order valence-corrected chi connectivity index (χ2v) is 6.19. The van der Waals surface area contributed by atoms with Gasteiger partial charge in [-0.25, -0.2) is 9.97 Å². The fraction of sp³-hybridized carbons (Fsp3) is 0.600. The van der Waals surface area contributed by atoms with Crippen molar-refractivity contribution in [1.29, 1.82) is 0 Å². The van der Waals surface area contributed by atoms with E-state index in [0.29, 0.717) is 17.3 Å². The molecule has 21 heavy (non-hydrogen) atoms. The second kappa shape index (κ2) is 5.52. The van der Waals surface area contributed by atoms with Crippen molar-refractivity contribution in [3.05, 3.63) is 12.4 Å². The van der Waals surface area contributed by atoms with E-state index in [2.05, 4.69) is 28.7 Å². The molecular formula is C15H22N4O2. The SMILES string of the molecule is CC(C)Cn1cc2nc(N3CCC(O)CC3)ncc2c1O. The normalized spacial score (nSPS) is 17.0. The minimum Gasteiger partial charge on any atom is -0.494 e. The molecule has 0 radical (unpaired) electrons. The number of aromatic hydroxyl groups is 1. The second-order valence-electron chi connectivity index (χ2n) is 6.19. The minimum atomic E-state index is -0.207. The summed E-state index contributed by atoms with van der Waals surface area (Å²) < 4.78 is 1.83. The van der Waals surface area contributed by atoms with Gasteiger partial charge >= 0.3 is 0 Å². The van der Waals surface area contributed by atoms with Gasteiger partial charge in [-0.3, -0.25) is 0 Å². The van der Waals surface area contributed by atoms with Gasteiger partial charge in [-0.1, -0.05) is 13.8 Å². The van der Waals surface area contributed by atoms with E-state index in [1.54, 1.807) is 6.20 Å². The highest BCUT2D eigenvalue weighted by atomic mass is 16.3. The quantitative estimate of drug-likeness (QED) is 0.901. The molecule has 1 aliphatic heterocycles. The summed E-state index contributed by atoms with van der Waals surface area (Å²) in [5.74, 6) is 1.36. The predicted molar refractivity (Wildman–Crippen MR) is 81.5 cm³/mol. The van der Waals surface area contributed by atoms with Crippen LogP contribution in [-0.4, -0.2) is 43.9 Å². The van der Waals surface area contributed by atoms with E-state index in [9.17, 15) is 10.2 Å². The number of nitrogens with zero attached hydrogens (tertiary/aromatic N) is 4. The molecule has 0 amide bonds. The first-order valence-electron chi connectivity index (χ1n) is 7.52. The summed E-state index contributed by atoms with van der Waals surface area (Å²) in [5.41, 5.74) is 0.768. The number of hydrogen-bond donors (Lipinski definition) is 2. The molecule has 1 saturated heterocycles. The van der Waals surface area contributed by atoms with Crippen LogP contribution in [-0.2, 0) is 6.54 Å². The lowest BCUT2D eigenvalue weighted by molar-refractivity contribution is 0.145. The highest BCUT2D eigenvalue weighted by Crippen LogP contribution is 2.28. The largest absolute Gasteiger partial charge is 0.494 e. The first kappa shape index (κ1) is 14.1. The van der Waals surface area contributed by atoms with E-state index in [0.717, 1.165) is 38.0 Å². The maximum atomic E-state index is 10.2. The maximum Gasteiger partial charge on any atom is 0.225 e. The topological polar surface area (TPSA) is 74.4 Å². The van der Waals surface area contributed by atoms with E-state index < -0.39 is 0 Å². The number of piperidine rings is 1. The lowest BCUT2D eigenvalue weighted by atomic mass is 10.1. The van der Waals surface area contributed by atoms with Crippen molar-refractivity contribution >= 4 is 16.9 Å². The number of aliphatic hydroxyl groups is 1. The monoisotopic (exact) mass is 290 g/mol. The van der Waals surface area contributed by atoms with Crippen molar-refractivity contribution in [3.8, 4) is 5.88 Å². The van der Waals surface area contributed by atoms with E-state index in [1.165, 1.54) is 0 Å². The van der Waals surface area contributed by atoms with Crippen LogP contribution in [0.2, 0.25) is 0 Å². The van der Waals surface area contributed by atoms with Gasteiger partial charge in [0, 0.05) is 32.0 Å². The summed E-state index contributed by atoms with van der Waals surface area (Å²) in [6, 6.07) is 0. The number of fused-ring (bicyclic) bond motifs is 1.